The number of alkyl halides is 2. The Hall–Kier alpha value is -3.41. The molecule has 150 valence electrons. The summed E-state index contributed by atoms with van der Waals surface area (Å²) < 4.78 is 41.6. The number of amides is 1. The van der Waals surface area contributed by atoms with Crippen molar-refractivity contribution in [2.75, 3.05) is 18.2 Å². The van der Waals surface area contributed by atoms with E-state index in [2.05, 4.69) is 30.3 Å². The van der Waals surface area contributed by atoms with Crippen molar-refractivity contribution in [1.82, 2.24) is 20.2 Å². The summed E-state index contributed by atoms with van der Waals surface area (Å²) in [6, 6.07) is 11.2. The first kappa shape index (κ1) is 18.9. The van der Waals surface area contributed by atoms with E-state index in [4.69, 9.17) is 4.74 Å². The quantitative estimate of drug-likeness (QED) is 0.607. The van der Waals surface area contributed by atoms with Crippen molar-refractivity contribution in [2.45, 2.75) is 11.5 Å². The van der Waals surface area contributed by atoms with Crippen molar-refractivity contribution >= 4 is 23.4 Å². The number of nitrogens with zero attached hydrogens (tertiary/aromatic N) is 4. The number of hydrogen-bond donors (Lipinski definition) is 1. The number of rotatable bonds is 6. The zero-order chi connectivity index (χ0) is 20.4. The van der Waals surface area contributed by atoms with Crippen LogP contribution < -0.4 is 19.5 Å². The van der Waals surface area contributed by atoms with Crippen LogP contribution in [-0.2, 0) is 4.79 Å². The van der Waals surface area contributed by atoms with Crippen LogP contribution in [-0.4, -0.2) is 45.3 Å². The molecule has 3 aromatic rings. The van der Waals surface area contributed by atoms with E-state index in [1.54, 1.807) is 12.1 Å². The molecule has 1 aliphatic heterocycles. The highest BCUT2D eigenvalue weighted by Crippen LogP contribution is 2.42. The second-order valence-corrected chi connectivity index (χ2v) is 6.65. The Morgan fingerprint density at radius 3 is 2.86 bits per heavy atom. The van der Waals surface area contributed by atoms with Crippen LogP contribution in [0.5, 0.6) is 17.2 Å². The number of aromatic nitrogens is 4. The van der Waals surface area contributed by atoms with Gasteiger partial charge in [0.05, 0.1) is 12.9 Å². The largest absolute Gasteiger partial charge is 0.586 e. The SMILES string of the molecule is COc1ccccc1-n1nnnc1SCC(=O)Nc1ccc2c(c1)OC(F)(F)O2. The van der Waals surface area contributed by atoms with Gasteiger partial charge in [-0.3, -0.25) is 4.79 Å². The molecular weight excluding hydrogens is 408 g/mol. The van der Waals surface area contributed by atoms with Gasteiger partial charge in [-0.2, -0.15) is 4.68 Å². The Kier molecular flexibility index (Phi) is 4.92. The van der Waals surface area contributed by atoms with Crippen LogP contribution in [0.15, 0.2) is 47.6 Å². The Morgan fingerprint density at radius 1 is 1.24 bits per heavy atom. The summed E-state index contributed by atoms with van der Waals surface area (Å²) >= 11 is 1.10. The molecule has 2 heterocycles. The lowest BCUT2D eigenvalue weighted by molar-refractivity contribution is -0.286. The van der Waals surface area contributed by atoms with Gasteiger partial charge in [0.1, 0.15) is 11.4 Å². The maximum atomic E-state index is 13.1. The van der Waals surface area contributed by atoms with Crippen LogP contribution in [0, 0.1) is 0 Å². The van der Waals surface area contributed by atoms with Crippen LogP contribution in [0.25, 0.3) is 5.69 Å². The second kappa shape index (κ2) is 7.54. The molecule has 1 amide bonds. The Balaban J connectivity index is 1.41. The molecule has 0 saturated heterocycles. The normalized spacial score (nSPS) is 13.9. The Labute approximate surface area is 166 Å². The van der Waals surface area contributed by atoms with Gasteiger partial charge in [0.2, 0.25) is 11.1 Å². The van der Waals surface area contributed by atoms with Crippen molar-refractivity contribution in [1.29, 1.82) is 0 Å². The highest BCUT2D eigenvalue weighted by Gasteiger charge is 2.43. The van der Waals surface area contributed by atoms with Crippen LogP contribution in [0.1, 0.15) is 0 Å². The van der Waals surface area contributed by atoms with E-state index in [1.165, 1.54) is 30.0 Å². The minimum Gasteiger partial charge on any atom is -0.494 e. The monoisotopic (exact) mass is 421 g/mol. The molecular formula is C17H13F2N5O4S. The van der Waals surface area contributed by atoms with E-state index < -0.39 is 6.29 Å². The molecule has 0 bridgehead atoms. The van der Waals surface area contributed by atoms with Crippen LogP contribution in [0.3, 0.4) is 0 Å². The fraction of sp³-hybridized carbons (Fsp3) is 0.176. The average molecular weight is 421 g/mol. The first-order chi connectivity index (χ1) is 13.9. The zero-order valence-electron chi connectivity index (χ0n) is 14.8. The van der Waals surface area contributed by atoms with Gasteiger partial charge in [0, 0.05) is 11.8 Å². The third kappa shape index (κ3) is 4.06. The molecule has 0 spiro atoms. The molecule has 0 atom stereocenters. The van der Waals surface area contributed by atoms with Gasteiger partial charge < -0.3 is 19.5 Å². The van der Waals surface area contributed by atoms with Crippen molar-refractivity contribution in [3.05, 3.63) is 42.5 Å². The van der Waals surface area contributed by atoms with E-state index in [-0.39, 0.29) is 23.2 Å². The molecule has 4 rings (SSSR count). The molecule has 0 saturated carbocycles. The third-order valence-electron chi connectivity index (χ3n) is 3.77. The lowest BCUT2D eigenvalue weighted by Gasteiger charge is -2.09. The van der Waals surface area contributed by atoms with E-state index in [0.717, 1.165) is 11.8 Å². The Bertz CT molecular complexity index is 1060. The van der Waals surface area contributed by atoms with E-state index in [9.17, 15) is 13.6 Å². The fourth-order valence-corrected chi connectivity index (χ4v) is 3.26. The molecule has 1 aromatic heterocycles. The molecule has 0 aliphatic carbocycles. The first-order valence-electron chi connectivity index (χ1n) is 8.19. The lowest BCUT2D eigenvalue weighted by Crippen LogP contribution is -2.25. The molecule has 29 heavy (non-hydrogen) atoms. The van der Waals surface area contributed by atoms with E-state index in [1.807, 2.05) is 12.1 Å². The molecule has 1 N–H and O–H groups in total. The van der Waals surface area contributed by atoms with Crippen LogP contribution in [0.4, 0.5) is 14.5 Å². The number of tetrazole rings is 1. The number of methoxy groups -OCH3 is 1. The number of para-hydroxylation sites is 2. The summed E-state index contributed by atoms with van der Waals surface area (Å²) in [5.41, 5.74) is 0.916. The minimum absolute atomic E-state index is 0.0138. The van der Waals surface area contributed by atoms with Crippen molar-refractivity contribution in [2.24, 2.45) is 0 Å². The van der Waals surface area contributed by atoms with Gasteiger partial charge in [0.15, 0.2) is 11.5 Å². The number of thioether (sulfide) groups is 1. The number of halogens is 2. The topological polar surface area (TPSA) is 100 Å². The number of carbonyl (C=O) groups excluding carboxylic acids is 1. The number of carbonyl (C=O) groups is 1. The molecule has 12 heteroatoms. The number of fused-ring (bicyclic) bond motifs is 1. The lowest BCUT2D eigenvalue weighted by atomic mass is 10.3. The number of anilines is 1. The molecule has 9 nitrogen and oxygen atoms in total. The number of nitrogens with one attached hydrogen (secondary N) is 1. The smallest absolute Gasteiger partial charge is 0.494 e. The maximum Gasteiger partial charge on any atom is 0.586 e. The summed E-state index contributed by atoms with van der Waals surface area (Å²) in [6.45, 7) is 0. The van der Waals surface area contributed by atoms with Crippen molar-refractivity contribution in [3.8, 4) is 22.9 Å². The van der Waals surface area contributed by atoms with Gasteiger partial charge in [-0.25, -0.2) is 0 Å². The summed E-state index contributed by atoms with van der Waals surface area (Å²) in [7, 11) is 1.53. The van der Waals surface area contributed by atoms with Gasteiger partial charge in [-0.1, -0.05) is 23.9 Å². The standard InChI is InChI=1S/C17H13F2N5O4S/c1-26-12-5-3-2-4-11(12)24-16(21-22-23-24)29-9-15(25)20-10-6-7-13-14(8-10)28-17(18,19)27-13/h2-8H,9H2,1H3,(H,20,25). The van der Waals surface area contributed by atoms with Crippen LogP contribution in [0.2, 0.25) is 0 Å². The number of ether oxygens (including phenoxy) is 3. The zero-order valence-corrected chi connectivity index (χ0v) is 15.7. The fourth-order valence-electron chi connectivity index (χ4n) is 2.58. The van der Waals surface area contributed by atoms with Crippen molar-refractivity contribution < 1.29 is 27.8 Å². The summed E-state index contributed by atoms with van der Waals surface area (Å²) in [5.74, 6) is -0.0717. The number of benzene rings is 2. The predicted molar refractivity (Wildman–Crippen MR) is 97.7 cm³/mol. The number of hydrogen-bond acceptors (Lipinski definition) is 8. The molecule has 0 unspecified atom stereocenters. The first-order valence-corrected chi connectivity index (χ1v) is 9.18. The second-order valence-electron chi connectivity index (χ2n) is 5.71. The summed E-state index contributed by atoms with van der Waals surface area (Å²) in [4.78, 5) is 12.3. The van der Waals surface area contributed by atoms with Gasteiger partial charge in [0.25, 0.3) is 0 Å². The van der Waals surface area contributed by atoms with Gasteiger partial charge in [-0.05, 0) is 34.7 Å². The molecule has 0 fully saturated rings. The predicted octanol–water partition coefficient (Wildman–Crippen LogP) is 2.72. The highest BCUT2D eigenvalue weighted by molar-refractivity contribution is 7.99. The third-order valence-corrected chi connectivity index (χ3v) is 4.69. The maximum absolute atomic E-state index is 13.1. The average Bonchev–Trinajstić information content (AvgIpc) is 3.28. The highest BCUT2D eigenvalue weighted by atomic mass is 32.2. The summed E-state index contributed by atoms with van der Waals surface area (Å²) in [5, 5.41) is 14.5. The van der Waals surface area contributed by atoms with E-state index >= 15 is 0 Å². The Morgan fingerprint density at radius 2 is 2.03 bits per heavy atom. The van der Waals surface area contributed by atoms with Gasteiger partial charge >= 0.3 is 6.29 Å². The van der Waals surface area contributed by atoms with Gasteiger partial charge in [-0.15, -0.1) is 13.9 Å². The molecule has 2 aromatic carbocycles. The molecule has 0 radical (unpaired) electrons. The minimum atomic E-state index is -3.71. The van der Waals surface area contributed by atoms with E-state index in [0.29, 0.717) is 22.3 Å². The molecule has 1 aliphatic rings. The van der Waals surface area contributed by atoms with Crippen molar-refractivity contribution in [3.63, 3.8) is 0 Å². The van der Waals surface area contributed by atoms with Crippen LogP contribution >= 0.6 is 11.8 Å². The summed E-state index contributed by atoms with van der Waals surface area (Å²) in [6.07, 6.45) is -3.71.